The van der Waals surface area contributed by atoms with Crippen LogP contribution in [0, 0.1) is 19.8 Å². The summed E-state index contributed by atoms with van der Waals surface area (Å²) in [5.41, 5.74) is 2.99. The van der Waals surface area contributed by atoms with Crippen LogP contribution in [0.3, 0.4) is 0 Å². The highest BCUT2D eigenvalue weighted by molar-refractivity contribution is 5.77. The number of β-amino-alcohol motifs (C(OH)–C–C–N with tert-alkyl or cyclic N) is 1. The van der Waals surface area contributed by atoms with Crippen molar-refractivity contribution in [3.05, 3.63) is 47.1 Å². The Labute approximate surface area is 141 Å². The van der Waals surface area contributed by atoms with Crippen LogP contribution in [0.2, 0.25) is 0 Å². The summed E-state index contributed by atoms with van der Waals surface area (Å²) in [6, 6.07) is 3.91. The summed E-state index contributed by atoms with van der Waals surface area (Å²) >= 11 is 0. The van der Waals surface area contributed by atoms with Crippen LogP contribution in [0.1, 0.15) is 29.0 Å². The van der Waals surface area contributed by atoms with Gasteiger partial charge in [-0.15, -0.1) is 0 Å². The van der Waals surface area contributed by atoms with Crippen molar-refractivity contribution >= 4 is 5.91 Å². The minimum absolute atomic E-state index is 0.0753. The number of rotatable bonds is 5. The molecule has 1 aliphatic heterocycles. The number of hydrogen-bond donors (Lipinski definition) is 1. The number of likely N-dealkylation sites (tertiary alicyclic amines) is 1. The van der Waals surface area contributed by atoms with E-state index in [0.717, 1.165) is 29.0 Å². The number of aromatic nitrogens is 2. The molecule has 2 atom stereocenters. The number of aryl methyl sites for hydroxylation is 2. The summed E-state index contributed by atoms with van der Waals surface area (Å²) in [5, 5.41) is 14.2. The Balaban J connectivity index is 1.55. The lowest BCUT2D eigenvalue weighted by Gasteiger charge is -2.16. The molecular weight excluding hydrogens is 306 g/mol. The van der Waals surface area contributed by atoms with E-state index in [1.165, 1.54) is 0 Å². The van der Waals surface area contributed by atoms with E-state index in [1.54, 1.807) is 17.3 Å². The van der Waals surface area contributed by atoms with Gasteiger partial charge in [0.2, 0.25) is 5.91 Å². The number of carbonyl (C=O) groups excluding carboxylic acids is 1. The van der Waals surface area contributed by atoms with E-state index >= 15 is 0 Å². The summed E-state index contributed by atoms with van der Waals surface area (Å²) in [4.78, 5) is 18.2. The number of pyridine rings is 1. The fourth-order valence-corrected chi connectivity index (χ4v) is 3.33. The maximum atomic E-state index is 12.5. The van der Waals surface area contributed by atoms with E-state index in [2.05, 4.69) is 10.1 Å². The summed E-state index contributed by atoms with van der Waals surface area (Å²) in [6.07, 6.45) is 4.84. The van der Waals surface area contributed by atoms with E-state index in [1.807, 2.05) is 26.0 Å². The predicted molar refractivity (Wildman–Crippen MR) is 88.3 cm³/mol. The molecule has 2 aromatic rings. The molecule has 1 amide bonds. The molecule has 1 N–H and O–H groups in total. The highest BCUT2D eigenvalue weighted by Crippen LogP contribution is 2.23. The van der Waals surface area contributed by atoms with E-state index in [0.29, 0.717) is 25.9 Å². The van der Waals surface area contributed by atoms with Gasteiger partial charge in [-0.05, 0) is 44.4 Å². The number of aliphatic hydroxyl groups excluding tert-OH is 1. The first-order chi connectivity index (χ1) is 11.5. The molecule has 128 valence electrons. The standard InChI is InChI=1S/C18H23N3O3/c1-12-16(13(2)24-20-12)3-4-18(23)21-10-15(17(22)11-21)9-14-5-7-19-8-6-14/h5-8,15,17,22H,3-4,9-11H2,1-2H3/t15-,17+/m1/s1. The molecule has 0 aromatic carbocycles. The Morgan fingerprint density at radius 2 is 2.08 bits per heavy atom. The fraction of sp³-hybridized carbons (Fsp3) is 0.500. The minimum Gasteiger partial charge on any atom is -0.391 e. The molecule has 0 aliphatic carbocycles. The van der Waals surface area contributed by atoms with Gasteiger partial charge in [0.1, 0.15) is 5.76 Å². The van der Waals surface area contributed by atoms with Crippen molar-refractivity contribution in [1.29, 1.82) is 0 Å². The third kappa shape index (κ3) is 3.64. The topological polar surface area (TPSA) is 79.5 Å². The molecule has 6 nitrogen and oxygen atoms in total. The first-order valence-corrected chi connectivity index (χ1v) is 8.31. The molecule has 0 spiro atoms. The molecule has 2 aromatic heterocycles. The van der Waals surface area contributed by atoms with E-state index < -0.39 is 6.10 Å². The Morgan fingerprint density at radius 3 is 2.75 bits per heavy atom. The molecule has 0 saturated carbocycles. The summed E-state index contributed by atoms with van der Waals surface area (Å²) in [6.45, 7) is 4.77. The molecule has 3 heterocycles. The van der Waals surface area contributed by atoms with Gasteiger partial charge < -0.3 is 14.5 Å². The molecular formula is C18H23N3O3. The lowest BCUT2D eigenvalue weighted by atomic mass is 9.97. The van der Waals surface area contributed by atoms with Crippen molar-refractivity contribution < 1.29 is 14.4 Å². The normalized spacial score (nSPS) is 20.5. The summed E-state index contributed by atoms with van der Waals surface area (Å²) in [7, 11) is 0. The van der Waals surface area contributed by atoms with Gasteiger partial charge in [-0.1, -0.05) is 5.16 Å². The zero-order valence-corrected chi connectivity index (χ0v) is 14.1. The fourth-order valence-electron chi connectivity index (χ4n) is 3.33. The van der Waals surface area contributed by atoms with Crippen LogP contribution < -0.4 is 0 Å². The Morgan fingerprint density at radius 1 is 1.33 bits per heavy atom. The quantitative estimate of drug-likeness (QED) is 0.903. The third-order valence-corrected chi connectivity index (χ3v) is 4.78. The largest absolute Gasteiger partial charge is 0.391 e. The minimum atomic E-state index is -0.471. The van der Waals surface area contributed by atoms with Crippen molar-refractivity contribution in [3.63, 3.8) is 0 Å². The molecule has 3 rings (SSSR count). The van der Waals surface area contributed by atoms with Gasteiger partial charge in [0.15, 0.2) is 0 Å². The maximum absolute atomic E-state index is 12.5. The maximum Gasteiger partial charge on any atom is 0.223 e. The van der Waals surface area contributed by atoms with Gasteiger partial charge in [-0.2, -0.15) is 0 Å². The van der Waals surface area contributed by atoms with Gasteiger partial charge in [0, 0.05) is 43.4 Å². The van der Waals surface area contributed by atoms with Crippen LogP contribution >= 0.6 is 0 Å². The number of nitrogens with zero attached hydrogens (tertiary/aromatic N) is 3. The highest BCUT2D eigenvalue weighted by atomic mass is 16.5. The van der Waals surface area contributed by atoms with Gasteiger partial charge >= 0.3 is 0 Å². The van der Waals surface area contributed by atoms with Crippen LogP contribution in [-0.2, 0) is 17.6 Å². The van der Waals surface area contributed by atoms with Gasteiger partial charge in [0.25, 0.3) is 0 Å². The number of hydrogen-bond acceptors (Lipinski definition) is 5. The average Bonchev–Trinajstić information content (AvgIpc) is 3.09. The Hall–Kier alpha value is -2.21. The van der Waals surface area contributed by atoms with Gasteiger partial charge in [-0.3, -0.25) is 9.78 Å². The van der Waals surface area contributed by atoms with Crippen molar-refractivity contribution in [3.8, 4) is 0 Å². The second kappa shape index (κ2) is 7.13. The Kier molecular flexibility index (Phi) is 4.94. The molecule has 1 aliphatic rings. The van der Waals surface area contributed by atoms with E-state index in [-0.39, 0.29) is 11.8 Å². The molecule has 1 saturated heterocycles. The zero-order valence-electron chi connectivity index (χ0n) is 14.1. The van der Waals surface area contributed by atoms with Crippen molar-refractivity contribution in [2.45, 2.75) is 39.2 Å². The highest BCUT2D eigenvalue weighted by Gasteiger charge is 2.33. The zero-order chi connectivity index (χ0) is 17.1. The van der Waals surface area contributed by atoms with E-state index in [9.17, 15) is 9.90 Å². The first kappa shape index (κ1) is 16.6. The molecule has 0 radical (unpaired) electrons. The molecule has 1 fully saturated rings. The molecule has 0 bridgehead atoms. The molecule has 24 heavy (non-hydrogen) atoms. The SMILES string of the molecule is Cc1noc(C)c1CCC(=O)N1C[C@@H](Cc2ccncc2)[C@@H](O)C1. The summed E-state index contributed by atoms with van der Waals surface area (Å²) in [5.74, 6) is 0.930. The van der Waals surface area contributed by atoms with Gasteiger partial charge in [0.05, 0.1) is 11.8 Å². The monoisotopic (exact) mass is 329 g/mol. The molecule has 0 unspecified atom stereocenters. The number of aliphatic hydroxyl groups is 1. The molecule has 6 heteroatoms. The Bertz CT molecular complexity index is 679. The smallest absolute Gasteiger partial charge is 0.223 e. The number of carbonyl (C=O) groups is 1. The average molecular weight is 329 g/mol. The van der Waals surface area contributed by atoms with Crippen LogP contribution in [-0.4, -0.2) is 45.2 Å². The summed E-state index contributed by atoms with van der Waals surface area (Å²) < 4.78 is 5.13. The van der Waals surface area contributed by atoms with Crippen molar-refractivity contribution in [2.24, 2.45) is 5.92 Å². The lowest BCUT2D eigenvalue weighted by Crippen LogP contribution is -2.29. The second-order valence-electron chi connectivity index (χ2n) is 6.49. The van der Waals surface area contributed by atoms with Crippen LogP contribution in [0.4, 0.5) is 0 Å². The van der Waals surface area contributed by atoms with Crippen LogP contribution in [0.25, 0.3) is 0 Å². The van der Waals surface area contributed by atoms with Crippen LogP contribution in [0.5, 0.6) is 0 Å². The second-order valence-corrected chi connectivity index (χ2v) is 6.49. The number of amides is 1. The lowest BCUT2D eigenvalue weighted by molar-refractivity contribution is -0.130. The van der Waals surface area contributed by atoms with Crippen LogP contribution in [0.15, 0.2) is 29.0 Å². The van der Waals surface area contributed by atoms with Crippen molar-refractivity contribution in [1.82, 2.24) is 15.0 Å². The van der Waals surface area contributed by atoms with Crippen molar-refractivity contribution in [2.75, 3.05) is 13.1 Å². The van der Waals surface area contributed by atoms with E-state index in [4.69, 9.17) is 4.52 Å². The third-order valence-electron chi connectivity index (χ3n) is 4.78. The first-order valence-electron chi connectivity index (χ1n) is 8.31. The predicted octanol–water partition coefficient (Wildman–Crippen LogP) is 1.68. The van der Waals surface area contributed by atoms with Gasteiger partial charge in [-0.25, -0.2) is 0 Å².